The SMILES string of the molecule is CC(CC(C)(C)C)C(OOC(C)(C)C)C(=O)OOOC(C)(C)C. The van der Waals surface area contributed by atoms with Gasteiger partial charge in [-0.15, -0.1) is 0 Å². The maximum Gasteiger partial charge on any atom is 0.377 e. The highest BCUT2D eigenvalue weighted by Gasteiger charge is 2.34. The first-order chi connectivity index (χ1) is 10.1. The summed E-state index contributed by atoms with van der Waals surface area (Å²) < 4.78 is 0. The Balaban J connectivity index is 4.78. The maximum atomic E-state index is 12.2. The van der Waals surface area contributed by atoms with Crippen molar-refractivity contribution >= 4 is 5.97 Å². The van der Waals surface area contributed by atoms with Crippen molar-refractivity contribution in [2.75, 3.05) is 0 Å². The van der Waals surface area contributed by atoms with Crippen molar-refractivity contribution in [1.82, 2.24) is 0 Å². The summed E-state index contributed by atoms with van der Waals surface area (Å²) in [6, 6.07) is 0. The third-order valence-corrected chi connectivity index (χ3v) is 2.49. The lowest BCUT2D eigenvalue weighted by atomic mass is 9.83. The number of hydrogen-bond donors (Lipinski definition) is 0. The van der Waals surface area contributed by atoms with E-state index in [1.807, 2.05) is 27.7 Å². The molecular formula is C17H34O6. The quantitative estimate of drug-likeness (QED) is 0.508. The summed E-state index contributed by atoms with van der Waals surface area (Å²) in [5.74, 6) is -0.807. The minimum absolute atomic E-state index is 0.0335. The minimum Gasteiger partial charge on any atom is -0.266 e. The Morgan fingerprint density at radius 2 is 1.35 bits per heavy atom. The van der Waals surface area contributed by atoms with Crippen molar-refractivity contribution in [2.45, 2.75) is 93.0 Å². The molecule has 138 valence electrons. The van der Waals surface area contributed by atoms with E-state index < -0.39 is 23.3 Å². The Bertz CT molecular complexity index is 359. The van der Waals surface area contributed by atoms with Crippen molar-refractivity contribution in [1.29, 1.82) is 0 Å². The molecule has 0 rings (SSSR count). The molecule has 2 unspecified atom stereocenters. The third kappa shape index (κ3) is 12.4. The van der Waals surface area contributed by atoms with Crippen LogP contribution < -0.4 is 0 Å². The zero-order valence-electron chi connectivity index (χ0n) is 16.3. The molecule has 23 heavy (non-hydrogen) atoms. The van der Waals surface area contributed by atoms with Crippen LogP contribution in [0.5, 0.6) is 0 Å². The van der Waals surface area contributed by atoms with E-state index in [1.54, 1.807) is 20.8 Å². The van der Waals surface area contributed by atoms with E-state index in [4.69, 9.17) is 19.6 Å². The largest absolute Gasteiger partial charge is 0.377 e. The molecule has 2 atom stereocenters. The molecule has 0 heterocycles. The van der Waals surface area contributed by atoms with Crippen LogP contribution in [0.1, 0.15) is 75.7 Å². The van der Waals surface area contributed by atoms with Crippen LogP contribution in [0.3, 0.4) is 0 Å². The van der Waals surface area contributed by atoms with Crippen molar-refractivity contribution in [2.24, 2.45) is 11.3 Å². The van der Waals surface area contributed by atoms with Crippen LogP contribution in [0.15, 0.2) is 0 Å². The van der Waals surface area contributed by atoms with Gasteiger partial charge in [-0.05, 0) is 64.3 Å². The van der Waals surface area contributed by atoms with Crippen LogP contribution in [-0.4, -0.2) is 23.3 Å². The molecule has 0 N–H and O–H groups in total. The molecule has 0 saturated carbocycles. The number of hydrogen-bond acceptors (Lipinski definition) is 6. The Morgan fingerprint density at radius 3 is 1.74 bits per heavy atom. The average molecular weight is 334 g/mol. The van der Waals surface area contributed by atoms with E-state index >= 15 is 0 Å². The first-order valence-corrected chi connectivity index (χ1v) is 8.01. The standard InChI is InChI=1S/C17H34O6/c1-12(11-15(2,3)4)13(19-21-16(5,6)7)14(18)20-23-22-17(8,9)10/h12-13H,11H2,1-10H3. The zero-order chi connectivity index (χ0) is 18.5. The predicted octanol–water partition coefficient (Wildman–Crippen LogP) is 4.38. The lowest BCUT2D eigenvalue weighted by Gasteiger charge is -2.29. The first kappa shape index (κ1) is 22.3. The highest BCUT2D eigenvalue weighted by Crippen LogP contribution is 2.28. The van der Waals surface area contributed by atoms with E-state index in [0.29, 0.717) is 0 Å². The third-order valence-electron chi connectivity index (χ3n) is 2.49. The Labute approximate surface area is 140 Å². The fourth-order valence-electron chi connectivity index (χ4n) is 1.84. The van der Waals surface area contributed by atoms with Crippen LogP contribution in [0.25, 0.3) is 0 Å². The summed E-state index contributed by atoms with van der Waals surface area (Å²) in [7, 11) is 0. The summed E-state index contributed by atoms with van der Waals surface area (Å²) in [4.78, 5) is 32.5. The second kappa shape index (κ2) is 8.42. The van der Waals surface area contributed by atoms with Gasteiger partial charge in [0, 0.05) is 0 Å². The Kier molecular flexibility index (Phi) is 8.17. The van der Waals surface area contributed by atoms with Crippen molar-refractivity contribution in [3.8, 4) is 0 Å². The molecule has 6 nitrogen and oxygen atoms in total. The van der Waals surface area contributed by atoms with Gasteiger partial charge in [0.15, 0.2) is 6.10 Å². The average Bonchev–Trinajstić information content (AvgIpc) is 2.22. The van der Waals surface area contributed by atoms with Crippen LogP contribution in [-0.2, 0) is 29.4 Å². The predicted molar refractivity (Wildman–Crippen MR) is 87.0 cm³/mol. The van der Waals surface area contributed by atoms with Gasteiger partial charge < -0.3 is 0 Å². The van der Waals surface area contributed by atoms with E-state index in [9.17, 15) is 4.79 Å². The Morgan fingerprint density at radius 1 is 0.870 bits per heavy atom. The lowest BCUT2D eigenvalue weighted by molar-refractivity contribution is -0.518. The summed E-state index contributed by atoms with van der Waals surface area (Å²) in [6.07, 6.45) is -0.155. The van der Waals surface area contributed by atoms with Crippen LogP contribution in [0.2, 0.25) is 0 Å². The number of rotatable bonds is 7. The van der Waals surface area contributed by atoms with Crippen molar-refractivity contribution in [3.05, 3.63) is 0 Å². The summed E-state index contributed by atoms with van der Waals surface area (Å²) >= 11 is 0. The van der Waals surface area contributed by atoms with Gasteiger partial charge in [0.05, 0.1) is 11.2 Å². The van der Waals surface area contributed by atoms with Gasteiger partial charge in [0.25, 0.3) is 0 Å². The van der Waals surface area contributed by atoms with Gasteiger partial charge in [-0.1, -0.05) is 27.7 Å². The molecular weight excluding hydrogens is 300 g/mol. The van der Waals surface area contributed by atoms with Gasteiger partial charge in [-0.2, -0.15) is 4.89 Å². The van der Waals surface area contributed by atoms with Crippen LogP contribution >= 0.6 is 0 Å². The second-order valence-electron chi connectivity index (χ2n) is 9.12. The lowest BCUT2D eigenvalue weighted by Crippen LogP contribution is -2.37. The fraction of sp³-hybridized carbons (Fsp3) is 0.941. The monoisotopic (exact) mass is 334 g/mol. The molecule has 0 aliphatic heterocycles. The van der Waals surface area contributed by atoms with Gasteiger partial charge in [0.1, 0.15) is 0 Å². The highest BCUT2D eigenvalue weighted by atomic mass is 17.5. The van der Waals surface area contributed by atoms with Gasteiger partial charge in [-0.25, -0.2) is 14.6 Å². The molecule has 0 radical (unpaired) electrons. The molecule has 0 bridgehead atoms. The van der Waals surface area contributed by atoms with Crippen molar-refractivity contribution < 1.29 is 29.4 Å². The van der Waals surface area contributed by atoms with Crippen LogP contribution in [0, 0.1) is 11.3 Å². The Hall–Kier alpha value is -0.690. The summed E-state index contributed by atoms with van der Waals surface area (Å²) in [5, 5.41) is 4.57. The fourth-order valence-corrected chi connectivity index (χ4v) is 1.84. The maximum absolute atomic E-state index is 12.2. The van der Waals surface area contributed by atoms with Gasteiger partial charge in [-0.3, -0.25) is 4.89 Å². The van der Waals surface area contributed by atoms with Gasteiger partial charge in [0.2, 0.25) is 0 Å². The second-order valence-corrected chi connectivity index (χ2v) is 9.12. The topological polar surface area (TPSA) is 63.2 Å². The molecule has 6 heteroatoms. The summed E-state index contributed by atoms with van der Waals surface area (Å²) in [5.41, 5.74) is -1.09. The molecule has 0 aliphatic carbocycles. The van der Waals surface area contributed by atoms with E-state index in [-0.39, 0.29) is 11.3 Å². The number of carbonyl (C=O) groups excluding carboxylic acids is 1. The summed E-state index contributed by atoms with van der Waals surface area (Å²) in [6.45, 7) is 19.0. The van der Waals surface area contributed by atoms with E-state index in [0.717, 1.165) is 6.42 Å². The molecule has 0 amide bonds. The normalized spacial score (nSPS) is 16.1. The molecule has 0 fully saturated rings. The molecule has 0 saturated heterocycles. The molecule has 0 aromatic heterocycles. The van der Waals surface area contributed by atoms with Crippen molar-refractivity contribution in [3.63, 3.8) is 0 Å². The number of carbonyl (C=O) groups is 1. The molecule has 0 aliphatic rings. The minimum atomic E-state index is -0.906. The molecule has 0 aromatic rings. The highest BCUT2D eigenvalue weighted by molar-refractivity contribution is 5.74. The van der Waals surface area contributed by atoms with Gasteiger partial charge >= 0.3 is 5.97 Å². The van der Waals surface area contributed by atoms with E-state index in [1.165, 1.54) is 0 Å². The smallest absolute Gasteiger partial charge is 0.266 e. The molecule has 0 spiro atoms. The van der Waals surface area contributed by atoms with Crippen LogP contribution in [0.4, 0.5) is 0 Å². The van der Waals surface area contributed by atoms with E-state index in [2.05, 4.69) is 25.8 Å². The molecule has 0 aromatic carbocycles. The first-order valence-electron chi connectivity index (χ1n) is 8.01. The zero-order valence-corrected chi connectivity index (χ0v) is 16.3.